The Morgan fingerprint density at radius 3 is 2.61 bits per heavy atom. The lowest BCUT2D eigenvalue weighted by Crippen LogP contribution is -2.40. The Bertz CT molecular complexity index is 864. The van der Waals surface area contributed by atoms with Crippen molar-refractivity contribution >= 4 is 33.3 Å². The van der Waals surface area contributed by atoms with E-state index in [1.807, 2.05) is 24.3 Å². The van der Waals surface area contributed by atoms with Crippen molar-refractivity contribution in [2.45, 2.75) is 11.4 Å². The molecule has 0 radical (unpaired) electrons. The van der Waals surface area contributed by atoms with Crippen molar-refractivity contribution in [2.75, 3.05) is 12.4 Å². The summed E-state index contributed by atoms with van der Waals surface area (Å²) in [4.78, 5) is 4.37. The van der Waals surface area contributed by atoms with E-state index < -0.39 is 10.0 Å². The van der Waals surface area contributed by atoms with Crippen molar-refractivity contribution in [1.82, 2.24) is 4.72 Å². The number of guanidine groups is 1. The molecule has 0 spiro atoms. The zero-order chi connectivity index (χ0) is 16.4. The standard InChI is InChI=1S/C15H14ClN3O3S/c1-22-12-5-2-10(3-6-12)9-17-15-18-13-7-4-11(16)8-14(13)23(20,21)19-15/h2-8H,9H2,1H3,(H2,17,18,19). The quantitative estimate of drug-likeness (QED) is 0.890. The molecule has 0 atom stereocenters. The maximum absolute atomic E-state index is 12.2. The molecule has 0 bridgehead atoms. The van der Waals surface area contributed by atoms with Gasteiger partial charge in [-0.25, -0.2) is 18.1 Å². The molecule has 0 saturated carbocycles. The Balaban J connectivity index is 1.83. The van der Waals surface area contributed by atoms with E-state index in [1.54, 1.807) is 19.2 Å². The molecular formula is C15H14ClN3O3S. The molecule has 1 aliphatic rings. The van der Waals surface area contributed by atoms with Gasteiger partial charge in [0, 0.05) is 5.02 Å². The molecular weight excluding hydrogens is 338 g/mol. The van der Waals surface area contributed by atoms with Gasteiger partial charge in [0.25, 0.3) is 10.0 Å². The number of ether oxygens (including phenoxy) is 1. The number of sulfonamides is 1. The van der Waals surface area contributed by atoms with Gasteiger partial charge in [-0.3, -0.25) is 0 Å². The van der Waals surface area contributed by atoms with Crippen LogP contribution in [0.5, 0.6) is 5.75 Å². The van der Waals surface area contributed by atoms with Gasteiger partial charge in [0.1, 0.15) is 10.6 Å². The number of methoxy groups -OCH3 is 1. The van der Waals surface area contributed by atoms with Crippen molar-refractivity contribution < 1.29 is 13.2 Å². The number of benzene rings is 2. The second-order valence-corrected chi connectivity index (χ2v) is 6.97. The summed E-state index contributed by atoms with van der Waals surface area (Å²) < 4.78 is 31.9. The summed E-state index contributed by atoms with van der Waals surface area (Å²) in [6.07, 6.45) is 0. The fourth-order valence-corrected chi connectivity index (χ4v) is 3.54. The molecule has 120 valence electrons. The lowest BCUT2D eigenvalue weighted by molar-refractivity contribution is 0.414. The van der Waals surface area contributed by atoms with Crippen LogP contribution in [0.1, 0.15) is 5.56 Å². The van der Waals surface area contributed by atoms with Gasteiger partial charge in [-0.05, 0) is 35.9 Å². The zero-order valence-corrected chi connectivity index (χ0v) is 13.8. The fourth-order valence-electron chi connectivity index (χ4n) is 2.13. The molecule has 0 fully saturated rings. The fraction of sp³-hybridized carbons (Fsp3) is 0.133. The van der Waals surface area contributed by atoms with E-state index in [0.29, 0.717) is 17.3 Å². The molecule has 0 aromatic heterocycles. The number of fused-ring (bicyclic) bond motifs is 1. The largest absolute Gasteiger partial charge is 0.497 e. The van der Waals surface area contributed by atoms with Crippen LogP contribution in [0, 0.1) is 0 Å². The van der Waals surface area contributed by atoms with Crippen molar-refractivity contribution in [2.24, 2.45) is 4.99 Å². The van der Waals surface area contributed by atoms with Crippen LogP contribution in [-0.2, 0) is 16.6 Å². The number of anilines is 1. The van der Waals surface area contributed by atoms with E-state index in [-0.39, 0.29) is 10.9 Å². The van der Waals surface area contributed by atoms with Gasteiger partial charge in [-0.1, -0.05) is 23.7 Å². The smallest absolute Gasteiger partial charge is 0.266 e. The number of rotatable bonds is 3. The Morgan fingerprint density at radius 2 is 1.91 bits per heavy atom. The molecule has 1 aliphatic heterocycles. The molecule has 2 aromatic carbocycles. The Morgan fingerprint density at radius 1 is 1.17 bits per heavy atom. The average molecular weight is 352 g/mol. The summed E-state index contributed by atoms with van der Waals surface area (Å²) in [7, 11) is -2.08. The minimum absolute atomic E-state index is 0.105. The van der Waals surface area contributed by atoms with E-state index in [1.165, 1.54) is 6.07 Å². The lowest BCUT2D eigenvalue weighted by atomic mass is 10.2. The minimum Gasteiger partial charge on any atom is -0.497 e. The third-order valence-electron chi connectivity index (χ3n) is 3.30. The second kappa shape index (κ2) is 6.10. The highest BCUT2D eigenvalue weighted by Gasteiger charge is 2.26. The SMILES string of the molecule is COc1ccc(CN=C2Nc3ccc(Cl)cc3S(=O)(=O)N2)cc1. The van der Waals surface area contributed by atoms with Gasteiger partial charge in [-0.15, -0.1) is 0 Å². The van der Waals surface area contributed by atoms with E-state index >= 15 is 0 Å². The normalized spacial score (nSPS) is 17.0. The molecule has 23 heavy (non-hydrogen) atoms. The molecule has 6 nitrogen and oxygen atoms in total. The number of aliphatic imine (C=N–C) groups is 1. The number of hydrogen-bond donors (Lipinski definition) is 2. The van der Waals surface area contributed by atoms with Crippen LogP contribution in [0.15, 0.2) is 52.4 Å². The summed E-state index contributed by atoms with van der Waals surface area (Å²) >= 11 is 5.85. The predicted octanol–water partition coefficient (Wildman–Crippen LogP) is 2.61. The number of halogens is 1. The Labute approximate surface area is 139 Å². The first-order valence-electron chi connectivity index (χ1n) is 6.75. The molecule has 8 heteroatoms. The molecule has 0 unspecified atom stereocenters. The number of nitrogens with one attached hydrogen (secondary N) is 2. The van der Waals surface area contributed by atoms with E-state index in [4.69, 9.17) is 16.3 Å². The summed E-state index contributed by atoms with van der Waals surface area (Å²) in [6, 6.07) is 12.0. The Hall–Kier alpha value is -2.25. The average Bonchev–Trinajstić information content (AvgIpc) is 2.54. The molecule has 0 saturated heterocycles. The van der Waals surface area contributed by atoms with E-state index in [9.17, 15) is 8.42 Å². The van der Waals surface area contributed by atoms with Gasteiger partial charge in [0.05, 0.1) is 19.3 Å². The van der Waals surface area contributed by atoms with Crippen molar-refractivity contribution in [3.63, 3.8) is 0 Å². The first-order valence-corrected chi connectivity index (χ1v) is 8.61. The Kier molecular flexibility index (Phi) is 4.14. The summed E-state index contributed by atoms with van der Waals surface area (Å²) in [5.74, 6) is 0.930. The highest BCUT2D eigenvalue weighted by atomic mass is 35.5. The minimum atomic E-state index is -3.68. The van der Waals surface area contributed by atoms with Crippen LogP contribution >= 0.6 is 11.6 Å². The highest BCUT2D eigenvalue weighted by Crippen LogP contribution is 2.27. The predicted molar refractivity (Wildman–Crippen MR) is 89.5 cm³/mol. The van der Waals surface area contributed by atoms with Gasteiger partial charge >= 0.3 is 0 Å². The second-order valence-electron chi connectivity index (χ2n) is 4.88. The van der Waals surface area contributed by atoms with Crippen LogP contribution in [0.3, 0.4) is 0 Å². The van der Waals surface area contributed by atoms with Crippen LogP contribution in [0.4, 0.5) is 5.69 Å². The molecule has 2 N–H and O–H groups in total. The summed E-state index contributed by atoms with van der Waals surface area (Å²) in [5.41, 5.74) is 1.38. The topological polar surface area (TPSA) is 79.8 Å². The van der Waals surface area contributed by atoms with Crippen LogP contribution in [-0.4, -0.2) is 21.5 Å². The van der Waals surface area contributed by atoms with Gasteiger partial charge < -0.3 is 10.1 Å². The van der Waals surface area contributed by atoms with Crippen molar-refractivity contribution in [3.8, 4) is 5.75 Å². The zero-order valence-electron chi connectivity index (χ0n) is 12.2. The van der Waals surface area contributed by atoms with Crippen LogP contribution in [0.25, 0.3) is 0 Å². The van der Waals surface area contributed by atoms with Crippen LogP contribution in [0.2, 0.25) is 5.02 Å². The third-order valence-corrected chi connectivity index (χ3v) is 4.91. The highest BCUT2D eigenvalue weighted by molar-refractivity contribution is 7.90. The molecule has 1 heterocycles. The van der Waals surface area contributed by atoms with E-state index in [2.05, 4.69) is 15.0 Å². The van der Waals surface area contributed by atoms with Gasteiger partial charge in [-0.2, -0.15) is 0 Å². The van der Waals surface area contributed by atoms with Gasteiger partial charge in [0.2, 0.25) is 5.96 Å². The molecule has 0 aliphatic carbocycles. The number of nitrogens with zero attached hydrogens (tertiary/aromatic N) is 1. The first-order chi connectivity index (χ1) is 11.0. The maximum Gasteiger partial charge on any atom is 0.266 e. The summed E-state index contributed by atoms with van der Waals surface area (Å²) in [5, 5.41) is 3.31. The van der Waals surface area contributed by atoms with Crippen LogP contribution < -0.4 is 14.8 Å². The monoisotopic (exact) mass is 351 g/mol. The first kappa shape index (κ1) is 15.6. The van der Waals surface area contributed by atoms with Crippen molar-refractivity contribution in [1.29, 1.82) is 0 Å². The number of hydrogen-bond acceptors (Lipinski definition) is 4. The molecule has 0 amide bonds. The van der Waals surface area contributed by atoms with Gasteiger partial charge in [0.15, 0.2) is 0 Å². The summed E-state index contributed by atoms with van der Waals surface area (Å²) in [6.45, 7) is 0.331. The maximum atomic E-state index is 12.2. The lowest BCUT2D eigenvalue weighted by Gasteiger charge is -2.21. The molecule has 2 aromatic rings. The van der Waals surface area contributed by atoms with Crippen molar-refractivity contribution in [3.05, 3.63) is 53.1 Å². The third kappa shape index (κ3) is 3.40. The molecule has 3 rings (SSSR count). The van der Waals surface area contributed by atoms with E-state index in [0.717, 1.165) is 11.3 Å².